The fourth-order valence-corrected chi connectivity index (χ4v) is 4.04. The summed E-state index contributed by atoms with van der Waals surface area (Å²) in [5.74, 6) is 0.602. The molecule has 2 N–H and O–H groups in total. The van der Waals surface area contributed by atoms with Gasteiger partial charge in [0, 0.05) is 11.1 Å². The lowest BCUT2D eigenvalue weighted by molar-refractivity contribution is 0.0981. The molecule has 1 fully saturated rings. The van der Waals surface area contributed by atoms with Crippen LogP contribution in [0.1, 0.15) is 68.5 Å². The molecule has 2 aromatic carbocycles. The molecule has 1 saturated carbocycles. The summed E-state index contributed by atoms with van der Waals surface area (Å²) in [6.45, 7) is 0. The average Bonchev–Trinajstić information content (AvgIpc) is 3.16. The highest BCUT2D eigenvalue weighted by Gasteiger charge is 2.37. The molecular weight excluding hydrogens is 274 g/mol. The van der Waals surface area contributed by atoms with Crippen LogP contribution in [0.25, 0.3) is 0 Å². The van der Waals surface area contributed by atoms with Crippen molar-refractivity contribution in [3.05, 3.63) is 70.3 Å². The third-order valence-electron chi connectivity index (χ3n) is 5.10. The van der Waals surface area contributed by atoms with Crippen molar-refractivity contribution >= 4 is 11.7 Å². The van der Waals surface area contributed by atoms with E-state index in [0.717, 1.165) is 0 Å². The van der Waals surface area contributed by atoms with Gasteiger partial charge < -0.3 is 5.73 Å². The lowest BCUT2D eigenvalue weighted by Gasteiger charge is -2.16. The van der Waals surface area contributed by atoms with Crippen molar-refractivity contribution in [1.29, 1.82) is 0 Å². The van der Waals surface area contributed by atoms with E-state index in [9.17, 15) is 9.59 Å². The largest absolute Gasteiger partial charge is 0.366 e. The minimum absolute atomic E-state index is 0.125. The Bertz CT molecular complexity index is 794. The molecule has 0 aromatic heterocycles. The van der Waals surface area contributed by atoms with Gasteiger partial charge in [0.1, 0.15) is 0 Å². The van der Waals surface area contributed by atoms with Gasteiger partial charge in [0.15, 0.2) is 5.78 Å². The molecule has 0 radical (unpaired) electrons. The van der Waals surface area contributed by atoms with E-state index in [-0.39, 0.29) is 11.3 Å². The normalized spacial score (nSPS) is 21.6. The summed E-state index contributed by atoms with van der Waals surface area (Å²) in [7, 11) is 0. The first kappa shape index (κ1) is 13.3. The van der Waals surface area contributed by atoms with Crippen molar-refractivity contribution in [2.24, 2.45) is 5.73 Å². The number of primary amides is 1. The Labute approximate surface area is 129 Å². The van der Waals surface area contributed by atoms with E-state index in [2.05, 4.69) is 6.07 Å². The van der Waals surface area contributed by atoms with Gasteiger partial charge in [0.2, 0.25) is 5.91 Å². The highest BCUT2D eigenvalue weighted by atomic mass is 16.1. The predicted molar refractivity (Wildman–Crippen MR) is 84.2 cm³/mol. The van der Waals surface area contributed by atoms with Crippen LogP contribution in [-0.2, 0) is 0 Å². The molecule has 3 nitrogen and oxygen atoms in total. The zero-order valence-electron chi connectivity index (χ0n) is 12.2. The molecule has 2 aliphatic carbocycles. The topological polar surface area (TPSA) is 60.2 Å². The average molecular weight is 291 g/mol. The van der Waals surface area contributed by atoms with E-state index >= 15 is 0 Å². The zero-order chi connectivity index (χ0) is 15.3. The predicted octanol–water partition coefficient (Wildman–Crippen LogP) is 3.38. The standard InChI is InChI=1S/C19H17NO2/c20-19(22)16-4-2-1-3-15(16)18(21)13-7-8-14-11-5-6-12(9-11)17(14)10-13/h1-4,7-8,10-12H,5-6,9H2,(H2,20,22). The molecule has 0 heterocycles. The van der Waals surface area contributed by atoms with Crippen molar-refractivity contribution in [1.82, 2.24) is 0 Å². The van der Waals surface area contributed by atoms with E-state index in [1.165, 1.54) is 30.4 Å². The van der Waals surface area contributed by atoms with Gasteiger partial charge >= 0.3 is 0 Å². The fraction of sp³-hybridized carbons (Fsp3) is 0.263. The molecule has 2 atom stereocenters. The van der Waals surface area contributed by atoms with Crippen molar-refractivity contribution in [3.8, 4) is 0 Å². The van der Waals surface area contributed by atoms with Crippen LogP contribution in [-0.4, -0.2) is 11.7 Å². The quantitative estimate of drug-likeness (QED) is 0.881. The second-order valence-corrected chi connectivity index (χ2v) is 6.29. The van der Waals surface area contributed by atoms with Gasteiger partial charge in [-0.3, -0.25) is 9.59 Å². The van der Waals surface area contributed by atoms with Gasteiger partial charge in [-0.1, -0.05) is 30.3 Å². The first-order chi connectivity index (χ1) is 10.6. The lowest BCUT2D eigenvalue weighted by atomic mass is 9.88. The minimum atomic E-state index is -0.566. The Balaban J connectivity index is 1.76. The van der Waals surface area contributed by atoms with Crippen LogP contribution in [0, 0.1) is 0 Å². The number of carbonyl (C=O) groups excluding carboxylic acids is 2. The summed E-state index contributed by atoms with van der Waals surface area (Å²) in [5, 5.41) is 0. The maximum Gasteiger partial charge on any atom is 0.249 e. The third-order valence-corrected chi connectivity index (χ3v) is 5.10. The molecular formula is C19H17NO2. The first-order valence-electron chi connectivity index (χ1n) is 7.72. The molecule has 2 unspecified atom stereocenters. The second-order valence-electron chi connectivity index (χ2n) is 6.29. The van der Waals surface area contributed by atoms with Crippen LogP contribution < -0.4 is 5.73 Å². The van der Waals surface area contributed by atoms with Crippen LogP contribution in [0.3, 0.4) is 0 Å². The highest BCUT2D eigenvalue weighted by Crippen LogP contribution is 2.53. The van der Waals surface area contributed by atoms with Gasteiger partial charge in [0.25, 0.3) is 0 Å². The lowest BCUT2D eigenvalue weighted by Crippen LogP contribution is -2.16. The molecule has 1 amide bonds. The highest BCUT2D eigenvalue weighted by molar-refractivity contribution is 6.15. The number of rotatable bonds is 3. The second kappa shape index (κ2) is 4.80. The zero-order valence-corrected chi connectivity index (χ0v) is 12.2. The van der Waals surface area contributed by atoms with Crippen molar-refractivity contribution in [2.45, 2.75) is 31.1 Å². The van der Waals surface area contributed by atoms with Crippen LogP contribution in [0.5, 0.6) is 0 Å². The SMILES string of the molecule is NC(=O)c1ccccc1C(=O)c1ccc2c(c1)C1CCC2C1. The monoisotopic (exact) mass is 291 g/mol. The Morgan fingerprint density at radius 3 is 2.32 bits per heavy atom. The number of fused-ring (bicyclic) bond motifs is 5. The van der Waals surface area contributed by atoms with E-state index in [1.807, 2.05) is 12.1 Å². The fourth-order valence-electron chi connectivity index (χ4n) is 4.04. The van der Waals surface area contributed by atoms with Crippen LogP contribution in [0.4, 0.5) is 0 Å². The molecule has 0 aliphatic heterocycles. The van der Waals surface area contributed by atoms with Gasteiger partial charge in [-0.25, -0.2) is 0 Å². The van der Waals surface area contributed by atoms with Gasteiger partial charge in [-0.15, -0.1) is 0 Å². The Kier molecular flexibility index (Phi) is 2.89. The summed E-state index contributed by atoms with van der Waals surface area (Å²) in [4.78, 5) is 24.3. The molecule has 2 bridgehead atoms. The van der Waals surface area contributed by atoms with Gasteiger partial charge in [-0.05, 0) is 54.4 Å². The Hall–Kier alpha value is -2.42. The molecule has 2 aliphatic rings. The number of hydrogen-bond donors (Lipinski definition) is 1. The molecule has 3 heteroatoms. The van der Waals surface area contributed by atoms with Crippen LogP contribution in [0.2, 0.25) is 0 Å². The third kappa shape index (κ3) is 1.89. The smallest absolute Gasteiger partial charge is 0.249 e. The summed E-state index contributed by atoms with van der Waals surface area (Å²) in [6, 6.07) is 12.8. The number of amides is 1. The van der Waals surface area contributed by atoms with Gasteiger partial charge in [0.05, 0.1) is 5.56 Å². The molecule has 4 rings (SSSR count). The number of ketones is 1. The van der Waals surface area contributed by atoms with Crippen molar-refractivity contribution in [3.63, 3.8) is 0 Å². The molecule has 22 heavy (non-hydrogen) atoms. The first-order valence-corrected chi connectivity index (χ1v) is 7.72. The summed E-state index contributed by atoms with van der Waals surface area (Å²) in [5.41, 5.74) is 9.45. The van der Waals surface area contributed by atoms with E-state index < -0.39 is 5.91 Å². The Morgan fingerprint density at radius 1 is 0.909 bits per heavy atom. The molecule has 2 aromatic rings. The van der Waals surface area contributed by atoms with Gasteiger partial charge in [-0.2, -0.15) is 0 Å². The maximum absolute atomic E-state index is 12.8. The summed E-state index contributed by atoms with van der Waals surface area (Å²) in [6.07, 6.45) is 3.73. The number of hydrogen-bond acceptors (Lipinski definition) is 2. The van der Waals surface area contributed by atoms with E-state index in [0.29, 0.717) is 23.0 Å². The minimum Gasteiger partial charge on any atom is -0.366 e. The summed E-state index contributed by atoms with van der Waals surface area (Å²) >= 11 is 0. The Morgan fingerprint density at radius 2 is 1.59 bits per heavy atom. The van der Waals surface area contributed by atoms with E-state index in [1.54, 1.807) is 24.3 Å². The van der Waals surface area contributed by atoms with Crippen LogP contribution >= 0.6 is 0 Å². The van der Waals surface area contributed by atoms with Crippen molar-refractivity contribution in [2.75, 3.05) is 0 Å². The molecule has 0 spiro atoms. The maximum atomic E-state index is 12.8. The van der Waals surface area contributed by atoms with Crippen molar-refractivity contribution < 1.29 is 9.59 Å². The van der Waals surface area contributed by atoms with E-state index in [4.69, 9.17) is 5.73 Å². The summed E-state index contributed by atoms with van der Waals surface area (Å²) < 4.78 is 0. The number of nitrogens with two attached hydrogens (primary N) is 1. The number of carbonyl (C=O) groups is 2. The van der Waals surface area contributed by atoms with Crippen LogP contribution in [0.15, 0.2) is 42.5 Å². The molecule has 0 saturated heterocycles. The molecule has 110 valence electrons. The number of benzene rings is 2.